The fourth-order valence-electron chi connectivity index (χ4n) is 2.57. The summed E-state index contributed by atoms with van der Waals surface area (Å²) in [4.78, 5) is 11.9. The van der Waals surface area contributed by atoms with Gasteiger partial charge in [-0.2, -0.15) is 13.2 Å². The Bertz CT molecular complexity index is 1160. The number of aromatic nitrogens is 4. The summed E-state index contributed by atoms with van der Waals surface area (Å²) in [7, 11) is -2.07. The van der Waals surface area contributed by atoms with Crippen LogP contribution in [0.4, 0.5) is 13.2 Å². The molecule has 3 rings (SSSR count). The summed E-state index contributed by atoms with van der Waals surface area (Å²) in [5.74, 6) is -0.00853. The third-order valence-electron chi connectivity index (χ3n) is 4.10. The highest BCUT2D eigenvalue weighted by molar-refractivity contribution is 9.10. The summed E-state index contributed by atoms with van der Waals surface area (Å²) in [5, 5.41) is 0. The Labute approximate surface area is 161 Å². The van der Waals surface area contributed by atoms with Gasteiger partial charge in [0, 0.05) is 7.05 Å². The van der Waals surface area contributed by atoms with E-state index in [0.717, 1.165) is 12.3 Å². The molecule has 3 heterocycles. The van der Waals surface area contributed by atoms with Crippen LogP contribution in [0.2, 0.25) is 0 Å². The van der Waals surface area contributed by atoms with Gasteiger partial charge in [-0.15, -0.1) is 0 Å². The second-order valence-electron chi connectivity index (χ2n) is 5.90. The first-order valence-corrected chi connectivity index (χ1v) is 10.2. The molecule has 0 bridgehead atoms. The van der Waals surface area contributed by atoms with Gasteiger partial charge in [0.2, 0.25) is 0 Å². The lowest BCUT2D eigenvalue weighted by molar-refractivity contribution is -0.141. The Kier molecular flexibility index (Phi) is 4.79. The van der Waals surface area contributed by atoms with Gasteiger partial charge in [0.15, 0.2) is 15.7 Å². The lowest BCUT2D eigenvalue weighted by Crippen LogP contribution is -2.09. The summed E-state index contributed by atoms with van der Waals surface area (Å²) in [6, 6.07) is 2.31. The average molecular weight is 463 g/mol. The molecule has 0 saturated heterocycles. The molecule has 0 aromatic carbocycles. The van der Waals surface area contributed by atoms with Crippen molar-refractivity contribution in [2.45, 2.75) is 24.9 Å². The van der Waals surface area contributed by atoms with Crippen LogP contribution in [-0.4, -0.2) is 33.7 Å². The highest BCUT2D eigenvalue weighted by Gasteiger charge is 2.33. The maximum Gasteiger partial charge on any atom is 0.433 e. The highest BCUT2D eigenvalue weighted by Crippen LogP contribution is 2.33. The summed E-state index contributed by atoms with van der Waals surface area (Å²) in [6.07, 6.45) is -3.54. The van der Waals surface area contributed by atoms with Gasteiger partial charge in [-0.05, 0) is 40.5 Å². The molecule has 27 heavy (non-hydrogen) atoms. The SMILES string of the molecule is CCS(=O)(=O)c1cc(C)c(Br)nc1-c1nc2cc(C(F)(F)F)ncc2n1C. The molecule has 11 heteroatoms. The third-order valence-corrected chi connectivity index (χ3v) is 6.65. The first kappa shape index (κ1) is 19.7. The molecule has 0 saturated carbocycles. The zero-order chi connectivity index (χ0) is 20.1. The molecule has 3 aromatic rings. The minimum atomic E-state index is -4.60. The van der Waals surface area contributed by atoms with E-state index in [1.807, 2.05) is 0 Å². The molecule has 0 atom stereocenters. The van der Waals surface area contributed by atoms with Gasteiger partial charge >= 0.3 is 6.18 Å². The number of hydrogen-bond donors (Lipinski definition) is 0. The standard InChI is InChI=1S/C16H14BrF3N4O2S/c1-4-27(25,26)11-5-8(2)14(17)23-13(11)15-22-9-6-12(16(18,19)20)21-7-10(9)24(15)3/h5-7H,4H2,1-3H3. The molecular formula is C16H14BrF3N4O2S. The second kappa shape index (κ2) is 6.55. The Hall–Kier alpha value is -2.01. The molecule has 0 aliphatic carbocycles. The number of halogens is 4. The van der Waals surface area contributed by atoms with E-state index in [4.69, 9.17) is 0 Å². The smallest absolute Gasteiger partial charge is 0.324 e. The van der Waals surface area contributed by atoms with Gasteiger partial charge in [0.1, 0.15) is 16.0 Å². The summed E-state index contributed by atoms with van der Waals surface area (Å²) in [5.41, 5.74) is -0.00393. The molecule has 0 fully saturated rings. The van der Waals surface area contributed by atoms with Crippen molar-refractivity contribution in [1.82, 2.24) is 19.5 Å². The first-order valence-electron chi connectivity index (χ1n) is 7.75. The average Bonchev–Trinajstić information content (AvgIpc) is 2.92. The Morgan fingerprint density at radius 1 is 1.22 bits per heavy atom. The topological polar surface area (TPSA) is 77.7 Å². The zero-order valence-electron chi connectivity index (χ0n) is 14.5. The molecule has 3 aromatic heterocycles. The fourth-order valence-corrected chi connectivity index (χ4v) is 3.96. The van der Waals surface area contributed by atoms with Crippen LogP contribution < -0.4 is 0 Å². The van der Waals surface area contributed by atoms with Gasteiger partial charge in [0.05, 0.1) is 27.9 Å². The largest absolute Gasteiger partial charge is 0.433 e. The van der Waals surface area contributed by atoms with E-state index in [9.17, 15) is 21.6 Å². The number of hydrogen-bond acceptors (Lipinski definition) is 5. The van der Waals surface area contributed by atoms with E-state index in [1.54, 1.807) is 14.0 Å². The number of rotatable bonds is 3. The van der Waals surface area contributed by atoms with Crippen molar-refractivity contribution < 1.29 is 21.6 Å². The minimum absolute atomic E-state index is 0.0203. The monoisotopic (exact) mass is 462 g/mol. The number of imidazole rings is 1. The summed E-state index contributed by atoms with van der Waals surface area (Å²) in [6.45, 7) is 3.20. The maximum atomic E-state index is 12.9. The number of aryl methyl sites for hydroxylation is 2. The number of fused-ring (bicyclic) bond motifs is 1. The van der Waals surface area contributed by atoms with Crippen LogP contribution in [0, 0.1) is 6.92 Å². The zero-order valence-corrected chi connectivity index (χ0v) is 16.9. The van der Waals surface area contributed by atoms with Crippen molar-refractivity contribution in [2.24, 2.45) is 7.05 Å². The van der Waals surface area contributed by atoms with E-state index < -0.39 is 21.7 Å². The molecule has 0 amide bonds. The van der Waals surface area contributed by atoms with E-state index in [1.165, 1.54) is 17.6 Å². The van der Waals surface area contributed by atoms with Crippen LogP contribution in [0.3, 0.4) is 0 Å². The lowest BCUT2D eigenvalue weighted by Gasteiger charge is -2.11. The molecular weight excluding hydrogens is 449 g/mol. The Morgan fingerprint density at radius 3 is 2.48 bits per heavy atom. The van der Waals surface area contributed by atoms with Crippen molar-refractivity contribution >= 4 is 36.8 Å². The van der Waals surface area contributed by atoms with E-state index >= 15 is 0 Å². The molecule has 0 radical (unpaired) electrons. The van der Waals surface area contributed by atoms with Crippen LogP contribution in [0.25, 0.3) is 22.6 Å². The van der Waals surface area contributed by atoms with Crippen molar-refractivity contribution in [1.29, 1.82) is 0 Å². The number of sulfone groups is 1. The first-order chi connectivity index (χ1) is 12.5. The van der Waals surface area contributed by atoms with Crippen LogP contribution >= 0.6 is 15.9 Å². The van der Waals surface area contributed by atoms with E-state index in [2.05, 4.69) is 30.9 Å². The lowest BCUT2D eigenvalue weighted by atomic mass is 10.2. The fraction of sp³-hybridized carbons (Fsp3) is 0.312. The summed E-state index contributed by atoms with van der Waals surface area (Å²) >= 11 is 3.27. The number of alkyl halides is 3. The van der Waals surface area contributed by atoms with Gasteiger partial charge < -0.3 is 4.57 Å². The molecule has 0 unspecified atom stereocenters. The highest BCUT2D eigenvalue weighted by atomic mass is 79.9. The number of nitrogens with zero attached hydrogens (tertiary/aromatic N) is 4. The van der Waals surface area contributed by atoms with Gasteiger partial charge in [-0.3, -0.25) is 0 Å². The van der Waals surface area contributed by atoms with Gasteiger partial charge in [0.25, 0.3) is 0 Å². The van der Waals surface area contributed by atoms with Crippen LogP contribution in [-0.2, 0) is 23.1 Å². The van der Waals surface area contributed by atoms with Gasteiger partial charge in [-0.25, -0.2) is 23.4 Å². The molecule has 0 spiro atoms. The van der Waals surface area contributed by atoms with Crippen molar-refractivity contribution in [3.63, 3.8) is 0 Å². The number of pyridine rings is 2. The van der Waals surface area contributed by atoms with E-state index in [0.29, 0.717) is 15.7 Å². The quantitative estimate of drug-likeness (QED) is 0.551. The minimum Gasteiger partial charge on any atom is -0.324 e. The Morgan fingerprint density at radius 2 is 1.89 bits per heavy atom. The van der Waals surface area contributed by atoms with Gasteiger partial charge in [-0.1, -0.05) is 6.92 Å². The van der Waals surface area contributed by atoms with Crippen LogP contribution in [0.5, 0.6) is 0 Å². The molecule has 0 aliphatic heterocycles. The Balaban J connectivity index is 2.33. The third kappa shape index (κ3) is 3.45. The van der Waals surface area contributed by atoms with Crippen molar-refractivity contribution in [2.75, 3.05) is 5.75 Å². The summed E-state index contributed by atoms with van der Waals surface area (Å²) < 4.78 is 65.7. The maximum absolute atomic E-state index is 12.9. The molecule has 0 aliphatic rings. The molecule has 6 nitrogen and oxygen atoms in total. The predicted octanol–water partition coefficient (Wildman–Crippen LogP) is 3.91. The van der Waals surface area contributed by atoms with Crippen molar-refractivity contribution in [3.05, 3.63) is 34.2 Å². The van der Waals surface area contributed by atoms with E-state index in [-0.39, 0.29) is 27.7 Å². The predicted molar refractivity (Wildman–Crippen MR) is 96.9 cm³/mol. The molecule has 0 N–H and O–H groups in total. The van der Waals surface area contributed by atoms with Crippen LogP contribution in [0.1, 0.15) is 18.2 Å². The second-order valence-corrected chi connectivity index (χ2v) is 8.89. The van der Waals surface area contributed by atoms with Crippen molar-refractivity contribution in [3.8, 4) is 11.5 Å². The normalized spacial score (nSPS) is 12.7. The van der Waals surface area contributed by atoms with Crippen LogP contribution in [0.15, 0.2) is 27.8 Å². The molecule has 144 valence electrons.